The van der Waals surface area contributed by atoms with E-state index in [4.69, 9.17) is 0 Å². The predicted octanol–water partition coefficient (Wildman–Crippen LogP) is 1.64. The highest BCUT2D eigenvalue weighted by Crippen LogP contribution is 2.08. The molecule has 1 atom stereocenters. The van der Waals surface area contributed by atoms with Crippen molar-refractivity contribution in [1.29, 1.82) is 0 Å². The zero-order valence-corrected chi connectivity index (χ0v) is 11.7. The van der Waals surface area contributed by atoms with Gasteiger partial charge in [0.2, 0.25) is 5.91 Å². The SMILES string of the molecule is CSC(C)C(=O)NCc1ccnc(-n2cccn2)c1. The lowest BCUT2D eigenvalue weighted by molar-refractivity contribution is -0.120. The van der Waals surface area contributed by atoms with E-state index in [1.807, 2.05) is 37.6 Å². The van der Waals surface area contributed by atoms with E-state index in [1.54, 1.807) is 17.1 Å². The average Bonchev–Trinajstić information content (AvgIpc) is 2.98. The molecule has 0 saturated heterocycles. The molecule has 0 bridgehead atoms. The van der Waals surface area contributed by atoms with Crippen molar-refractivity contribution in [3.63, 3.8) is 0 Å². The molecule has 2 heterocycles. The third-order valence-corrected chi connectivity index (χ3v) is 3.66. The van der Waals surface area contributed by atoms with E-state index in [9.17, 15) is 4.79 Å². The molecule has 6 heteroatoms. The van der Waals surface area contributed by atoms with Crippen LogP contribution in [0, 0.1) is 0 Å². The van der Waals surface area contributed by atoms with Crippen molar-refractivity contribution in [3.05, 3.63) is 42.4 Å². The first-order valence-electron chi connectivity index (χ1n) is 5.96. The van der Waals surface area contributed by atoms with Gasteiger partial charge in [-0.25, -0.2) is 9.67 Å². The average molecular weight is 276 g/mol. The second kappa shape index (κ2) is 6.38. The molecule has 1 N–H and O–H groups in total. The Bertz CT molecular complexity index is 541. The number of aromatic nitrogens is 3. The van der Waals surface area contributed by atoms with E-state index in [-0.39, 0.29) is 11.2 Å². The molecule has 2 aromatic heterocycles. The van der Waals surface area contributed by atoms with Crippen molar-refractivity contribution in [2.45, 2.75) is 18.7 Å². The second-order valence-electron chi connectivity index (χ2n) is 4.07. The Morgan fingerprint density at radius 3 is 3.05 bits per heavy atom. The summed E-state index contributed by atoms with van der Waals surface area (Å²) in [5.41, 5.74) is 1.00. The van der Waals surface area contributed by atoms with Gasteiger partial charge in [-0.15, -0.1) is 0 Å². The van der Waals surface area contributed by atoms with Crippen molar-refractivity contribution < 1.29 is 4.79 Å². The molecule has 19 heavy (non-hydrogen) atoms. The quantitative estimate of drug-likeness (QED) is 0.902. The summed E-state index contributed by atoms with van der Waals surface area (Å²) in [6, 6.07) is 5.64. The van der Waals surface area contributed by atoms with Crippen LogP contribution < -0.4 is 5.32 Å². The molecular weight excluding hydrogens is 260 g/mol. The molecule has 0 aliphatic carbocycles. The monoisotopic (exact) mass is 276 g/mol. The number of amides is 1. The highest BCUT2D eigenvalue weighted by Gasteiger charge is 2.10. The Balaban J connectivity index is 2.02. The number of carbonyl (C=O) groups excluding carboxylic acids is 1. The Labute approximate surface area is 116 Å². The fourth-order valence-corrected chi connectivity index (χ4v) is 1.84. The highest BCUT2D eigenvalue weighted by atomic mass is 32.2. The first kappa shape index (κ1) is 13.6. The summed E-state index contributed by atoms with van der Waals surface area (Å²) in [6.45, 7) is 2.39. The molecule has 5 nitrogen and oxygen atoms in total. The summed E-state index contributed by atoms with van der Waals surface area (Å²) in [5.74, 6) is 0.791. The maximum atomic E-state index is 11.7. The van der Waals surface area contributed by atoms with Gasteiger partial charge in [0.25, 0.3) is 0 Å². The van der Waals surface area contributed by atoms with Crippen molar-refractivity contribution in [2.24, 2.45) is 0 Å². The van der Waals surface area contributed by atoms with Crippen LogP contribution in [0.4, 0.5) is 0 Å². The zero-order valence-electron chi connectivity index (χ0n) is 10.9. The molecule has 0 radical (unpaired) electrons. The number of nitrogens with one attached hydrogen (secondary N) is 1. The third-order valence-electron chi connectivity index (χ3n) is 2.74. The highest BCUT2D eigenvalue weighted by molar-refractivity contribution is 7.99. The van der Waals surface area contributed by atoms with Crippen LogP contribution in [0.3, 0.4) is 0 Å². The lowest BCUT2D eigenvalue weighted by Crippen LogP contribution is -2.30. The molecule has 0 fully saturated rings. The predicted molar refractivity (Wildman–Crippen MR) is 76.2 cm³/mol. The normalized spacial score (nSPS) is 12.1. The topological polar surface area (TPSA) is 59.8 Å². The summed E-state index contributed by atoms with van der Waals surface area (Å²) in [6.07, 6.45) is 7.18. The van der Waals surface area contributed by atoms with E-state index in [0.717, 1.165) is 11.4 Å². The summed E-state index contributed by atoms with van der Waals surface area (Å²) in [5, 5.41) is 7.00. The number of carbonyl (C=O) groups is 1. The summed E-state index contributed by atoms with van der Waals surface area (Å²) in [7, 11) is 0. The molecule has 1 amide bonds. The molecule has 0 aliphatic rings. The fraction of sp³-hybridized carbons (Fsp3) is 0.308. The first-order valence-corrected chi connectivity index (χ1v) is 7.25. The van der Waals surface area contributed by atoms with Crippen LogP contribution in [0.5, 0.6) is 0 Å². The van der Waals surface area contributed by atoms with Crippen molar-refractivity contribution in [3.8, 4) is 5.82 Å². The lowest BCUT2D eigenvalue weighted by Gasteiger charge is -2.10. The van der Waals surface area contributed by atoms with Crippen LogP contribution in [0.15, 0.2) is 36.8 Å². The smallest absolute Gasteiger partial charge is 0.233 e. The molecule has 2 aromatic rings. The van der Waals surface area contributed by atoms with Gasteiger partial charge in [0.05, 0.1) is 5.25 Å². The van der Waals surface area contributed by atoms with E-state index in [2.05, 4.69) is 15.4 Å². The number of nitrogens with zero attached hydrogens (tertiary/aromatic N) is 3. The van der Waals surface area contributed by atoms with Gasteiger partial charge in [-0.3, -0.25) is 4.79 Å². The van der Waals surface area contributed by atoms with Crippen LogP contribution in [0.25, 0.3) is 5.82 Å². The van der Waals surface area contributed by atoms with Gasteiger partial charge in [-0.2, -0.15) is 16.9 Å². The molecule has 0 aromatic carbocycles. The number of hydrogen-bond donors (Lipinski definition) is 1. The minimum absolute atomic E-state index is 0.0348. The van der Waals surface area contributed by atoms with E-state index >= 15 is 0 Å². The molecule has 0 spiro atoms. The molecule has 100 valence electrons. The molecule has 0 aliphatic heterocycles. The number of hydrogen-bond acceptors (Lipinski definition) is 4. The standard InChI is InChI=1S/C13H16N4OS/c1-10(19-2)13(18)15-9-11-4-6-14-12(8-11)17-7-3-5-16-17/h3-8,10H,9H2,1-2H3,(H,15,18). The minimum atomic E-state index is -0.0348. The number of thioether (sulfide) groups is 1. The van der Waals surface area contributed by atoms with E-state index < -0.39 is 0 Å². The van der Waals surface area contributed by atoms with Crippen LogP contribution in [-0.2, 0) is 11.3 Å². The summed E-state index contributed by atoms with van der Waals surface area (Å²) >= 11 is 1.53. The van der Waals surface area contributed by atoms with Gasteiger partial charge in [-0.1, -0.05) is 0 Å². The zero-order chi connectivity index (χ0) is 13.7. The van der Waals surface area contributed by atoms with Gasteiger partial charge in [0.1, 0.15) is 0 Å². The van der Waals surface area contributed by atoms with Gasteiger partial charge in [0.15, 0.2) is 5.82 Å². The Morgan fingerprint density at radius 2 is 2.37 bits per heavy atom. The van der Waals surface area contributed by atoms with Gasteiger partial charge >= 0.3 is 0 Å². The van der Waals surface area contributed by atoms with E-state index in [1.165, 1.54) is 11.8 Å². The maximum absolute atomic E-state index is 11.7. The maximum Gasteiger partial charge on any atom is 0.233 e. The van der Waals surface area contributed by atoms with E-state index in [0.29, 0.717) is 6.54 Å². The Kier molecular flexibility index (Phi) is 4.57. The fourth-order valence-electron chi connectivity index (χ4n) is 1.54. The molecule has 0 saturated carbocycles. The third kappa shape index (κ3) is 3.57. The van der Waals surface area contributed by atoms with Crippen molar-refractivity contribution in [1.82, 2.24) is 20.1 Å². The van der Waals surface area contributed by atoms with Gasteiger partial charge in [0, 0.05) is 25.1 Å². The summed E-state index contributed by atoms with van der Waals surface area (Å²) < 4.78 is 1.69. The summed E-state index contributed by atoms with van der Waals surface area (Å²) in [4.78, 5) is 15.9. The minimum Gasteiger partial charge on any atom is -0.351 e. The molecule has 2 rings (SSSR count). The second-order valence-corrected chi connectivity index (χ2v) is 5.25. The molecular formula is C13H16N4OS. The van der Waals surface area contributed by atoms with Gasteiger partial charge in [-0.05, 0) is 36.9 Å². The van der Waals surface area contributed by atoms with Crippen molar-refractivity contribution >= 4 is 17.7 Å². The first-order chi connectivity index (χ1) is 9.20. The largest absolute Gasteiger partial charge is 0.351 e. The lowest BCUT2D eigenvalue weighted by atomic mass is 10.2. The number of rotatable bonds is 5. The van der Waals surface area contributed by atoms with Crippen molar-refractivity contribution in [2.75, 3.05) is 6.26 Å². The van der Waals surface area contributed by atoms with Crippen LogP contribution in [-0.4, -0.2) is 32.2 Å². The Morgan fingerprint density at radius 1 is 1.53 bits per heavy atom. The van der Waals surface area contributed by atoms with Crippen LogP contribution in [0.2, 0.25) is 0 Å². The number of pyridine rings is 1. The van der Waals surface area contributed by atoms with Gasteiger partial charge < -0.3 is 5.32 Å². The van der Waals surface area contributed by atoms with Crippen LogP contribution in [0.1, 0.15) is 12.5 Å². The van der Waals surface area contributed by atoms with Crippen LogP contribution >= 0.6 is 11.8 Å². The molecule has 1 unspecified atom stereocenters. The Hall–Kier alpha value is -1.82.